The van der Waals surface area contributed by atoms with Gasteiger partial charge in [-0.2, -0.15) is 0 Å². The number of fused-ring (bicyclic) bond motifs is 1. The van der Waals surface area contributed by atoms with Crippen LogP contribution in [0.25, 0.3) is 0 Å². The summed E-state index contributed by atoms with van der Waals surface area (Å²) in [6.07, 6.45) is 1.08. The summed E-state index contributed by atoms with van der Waals surface area (Å²) < 4.78 is 31.3. The Labute approximate surface area is 158 Å². The number of aliphatic imine (C=N–C) groups is 1. The van der Waals surface area contributed by atoms with Crippen molar-refractivity contribution in [2.45, 2.75) is 25.2 Å². The van der Waals surface area contributed by atoms with Crippen LogP contribution in [0.3, 0.4) is 0 Å². The number of hydrogen-bond acceptors (Lipinski definition) is 6. The van der Waals surface area contributed by atoms with E-state index in [1.807, 2.05) is 0 Å². The van der Waals surface area contributed by atoms with Gasteiger partial charge in [-0.1, -0.05) is 26.0 Å². The number of hydrogen-bond donors (Lipinski definition) is 1. The van der Waals surface area contributed by atoms with Crippen LogP contribution in [-0.2, 0) is 24.3 Å². The van der Waals surface area contributed by atoms with Crippen LogP contribution in [0.1, 0.15) is 25.8 Å². The minimum absolute atomic E-state index is 0.104. The summed E-state index contributed by atoms with van der Waals surface area (Å²) in [5.41, 5.74) is 0.415. The van der Waals surface area contributed by atoms with E-state index in [0.29, 0.717) is 30.5 Å². The van der Waals surface area contributed by atoms with Gasteiger partial charge in [-0.3, -0.25) is 19.3 Å². The lowest BCUT2D eigenvalue weighted by atomic mass is 9.92. The van der Waals surface area contributed by atoms with Gasteiger partial charge < -0.3 is 9.64 Å². The van der Waals surface area contributed by atoms with Crippen molar-refractivity contribution in [1.29, 1.82) is 0 Å². The molecule has 2 heterocycles. The molecule has 0 bridgehead atoms. The summed E-state index contributed by atoms with van der Waals surface area (Å²) in [6.45, 7) is 4.83. The summed E-state index contributed by atoms with van der Waals surface area (Å²) >= 11 is 0. The lowest BCUT2D eigenvalue weighted by molar-refractivity contribution is -0.152. The smallest absolute Gasteiger partial charge is 0.328 e. The van der Waals surface area contributed by atoms with Crippen LogP contribution in [0, 0.1) is 11.8 Å². The lowest BCUT2D eigenvalue weighted by Crippen LogP contribution is -2.44. The number of ether oxygens (including phenoxy) is 1. The van der Waals surface area contributed by atoms with Crippen LogP contribution in [0.4, 0.5) is 0 Å². The molecule has 8 nitrogen and oxygen atoms in total. The molecule has 2 atom stereocenters. The first kappa shape index (κ1) is 19.3. The second-order valence-corrected chi connectivity index (χ2v) is 8.82. The number of carbonyl (C=O) groups is 2. The molecule has 1 saturated heterocycles. The van der Waals surface area contributed by atoms with Crippen molar-refractivity contribution in [3.05, 3.63) is 29.8 Å². The number of rotatable bonds is 4. The van der Waals surface area contributed by atoms with Crippen LogP contribution in [0.2, 0.25) is 0 Å². The predicted octanol–water partition coefficient (Wildman–Crippen LogP) is 0.773. The number of amides is 1. The molecule has 9 heteroatoms. The average molecular weight is 393 g/mol. The van der Waals surface area contributed by atoms with Crippen molar-refractivity contribution in [3.63, 3.8) is 0 Å². The van der Waals surface area contributed by atoms with Crippen LogP contribution in [0.5, 0.6) is 0 Å². The van der Waals surface area contributed by atoms with E-state index < -0.39 is 16.0 Å². The highest BCUT2D eigenvalue weighted by Crippen LogP contribution is 2.22. The zero-order chi connectivity index (χ0) is 19.6. The molecular formula is C18H23N3O5S. The van der Waals surface area contributed by atoms with Gasteiger partial charge in [0.25, 0.3) is 15.9 Å². The number of carbonyl (C=O) groups excluding carboxylic acids is 2. The molecule has 146 valence electrons. The van der Waals surface area contributed by atoms with Crippen molar-refractivity contribution < 1.29 is 22.7 Å². The number of nitrogens with one attached hydrogen (secondary N) is 1. The van der Waals surface area contributed by atoms with E-state index in [2.05, 4.69) is 23.6 Å². The monoisotopic (exact) mass is 393 g/mol. The second-order valence-electron chi connectivity index (χ2n) is 7.17. The van der Waals surface area contributed by atoms with Gasteiger partial charge in [0.15, 0.2) is 6.61 Å². The summed E-state index contributed by atoms with van der Waals surface area (Å²) in [6, 6.07) is 6.38. The van der Waals surface area contributed by atoms with E-state index in [4.69, 9.17) is 4.74 Å². The molecule has 2 aliphatic heterocycles. The van der Waals surface area contributed by atoms with E-state index in [-0.39, 0.29) is 29.8 Å². The summed E-state index contributed by atoms with van der Waals surface area (Å²) in [4.78, 5) is 30.0. The number of sulfonamides is 1. The Kier molecular flexibility index (Phi) is 5.50. The number of benzene rings is 1. The zero-order valence-electron chi connectivity index (χ0n) is 15.3. The fourth-order valence-corrected chi connectivity index (χ4v) is 4.79. The Balaban J connectivity index is 1.55. The third-order valence-corrected chi connectivity index (χ3v) is 6.00. The normalized spacial score (nSPS) is 25.0. The maximum absolute atomic E-state index is 12.2. The molecule has 0 aromatic heterocycles. The van der Waals surface area contributed by atoms with Gasteiger partial charge in [0.05, 0.1) is 4.90 Å². The zero-order valence-corrected chi connectivity index (χ0v) is 16.2. The topological polar surface area (TPSA) is 105 Å². The maximum Gasteiger partial charge on any atom is 0.328 e. The number of nitrogens with zero attached hydrogens (tertiary/aromatic N) is 2. The molecule has 0 aliphatic carbocycles. The quantitative estimate of drug-likeness (QED) is 0.761. The van der Waals surface area contributed by atoms with Gasteiger partial charge in [-0.25, -0.2) is 8.42 Å². The number of esters is 1. The Hall–Kier alpha value is -2.42. The van der Waals surface area contributed by atoms with Gasteiger partial charge in [0, 0.05) is 18.7 Å². The van der Waals surface area contributed by atoms with Gasteiger partial charge in [-0.15, -0.1) is 0 Å². The van der Waals surface area contributed by atoms with Crippen molar-refractivity contribution in [3.8, 4) is 0 Å². The third kappa shape index (κ3) is 4.47. The Morgan fingerprint density at radius 3 is 2.59 bits per heavy atom. The fourth-order valence-electron chi connectivity index (χ4n) is 3.54. The van der Waals surface area contributed by atoms with Crippen LogP contribution < -0.4 is 4.72 Å². The highest BCUT2D eigenvalue weighted by molar-refractivity contribution is 7.90. The first-order valence-electron chi connectivity index (χ1n) is 8.86. The second kappa shape index (κ2) is 7.67. The standard InChI is InChI=1S/C18H23N3O5S/c1-12-7-13(2)10-21(9-12)16(22)11-26-17(23)8-19-18-14-5-3-4-6-15(14)27(24,25)20-18/h3-6,12-13H,7-11H2,1-2H3,(H,19,20)/t12-,13-/m1/s1. The molecule has 2 aliphatic rings. The van der Waals surface area contributed by atoms with Crippen molar-refractivity contribution in [1.82, 2.24) is 9.62 Å². The largest absolute Gasteiger partial charge is 0.454 e. The number of piperidine rings is 1. The van der Waals surface area contributed by atoms with E-state index in [9.17, 15) is 18.0 Å². The van der Waals surface area contributed by atoms with Crippen molar-refractivity contribution >= 4 is 27.7 Å². The molecule has 1 N–H and O–H groups in total. The molecule has 0 saturated carbocycles. The SMILES string of the molecule is C[C@@H]1C[C@@H](C)CN(C(=O)COC(=O)CN=C2NS(=O)(=O)c3ccccc32)C1. The maximum atomic E-state index is 12.2. The highest BCUT2D eigenvalue weighted by atomic mass is 32.2. The predicted molar refractivity (Wildman–Crippen MR) is 98.7 cm³/mol. The summed E-state index contributed by atoms with van der Waals surface area (Å²) in [5.74, 6) is 0.0527. The van der Waals surface area contributed by atoms with Gasteiger partial charge in [0.1, 0.15) is 12.4 Å². The van der Waals surface area contributed by atoms with E-state index in [0.717, 1.165) is 6.42 Å². The van der Waals surface area contributed by atoms with Crippen LogP contribution in [-0.4, -0.2) is 57.3 Å². The van der Waals surface area contributed by atoms with E-state index in [1.165, 1.54) is 6.07 Å². The number of likely N-dealkylation sites (tertiary alicyclic amines) is 1. The van der Waals surface area contributed by atoms with Gasteiger partial charge in [-0.05, 0) is 30.4 Å². The minimum Gasteiger partial charge on any atom is -0.454 e. The molecule has 0 spiro atoms. The van der Waals surface area contributed by atoms with E-state index in [1.54, 1.807) is 23.1 Å². The average Bonchev–Trinajstić information content (AvgIpc) is 2.88. The Morgan fingerprint density at radius 1 is 1.22 bits per heavy atom. The van der Waals surface area contributed by atoms with Crippen molar-refractivity contribution in [2.75, 3.05) is 26.2 Å². The van der Waals surface area contributed by atoms with Crippen molar-refractivity contribution in [2.24, 2.45) is 16.8 Å². The summed E-state index contributed by atoms with van der Waals surface area (Å²) in [5, 5.41) is 0. The van der Waals surface area contributed by atoms with Crippen LogP contribution in [0.15, 0.2) is 34.2 Å². The third-order valence-electron chi connectivity index (χ3n) is 4.61. The minimum atomic E-state index is -3.65. The summed E-state index contributed by atoms with van der Waals surface area (Å²) in [7, 11) is -3.65. The molecule has 1 aromatic rings. The van der Waals surface area contributed by atoms with Crippen LogP contribution >= 0.6 is 0 Å². The molecule has 0 radical (unpaired) electrons. The molecule has 1 aromatic carbocycles. The highest BCUT2D eigenvalue weighted by Gasteiger charge is 2.30. The van der Waals surface area contributed by atoms with Gasteiger partial charge >= 0.3 is 5.97 Å². The molecular weight excluding hydrogens is 370 g/mol. The Morgan fingerprint density at radius 2 is 1.89 bits per heavy atom. The number of amidine groups is 1. The molecule has 1 amide bonds. The molecule has 0 unspecified atom stereocenters. The van der Waals surface area contributed by atoms with Gasteiger partial charge in [0.2, 0.25) is 0 Å². The lowest BCUT2D eigenvalue weighted by Gasteiger charge is -2.34. The molecule has 1 fully saturated rings. The fraction of sp³-hybridized carbons (Fsp3) is 0.500. The first-order chi connectivity index (χ1) is 12.8. The first-order valence-corrected chi connectivity index (χ1v) is 10.3. The molecule has 3 rings (SSSR count). The molecule has 27 heavy (non-hydrogen) atoms. The Bertz CT molecular complexity index is 871. The van der Waals surface area contributed by atoms with E-state index >= 15 is 0 Å².